The van der Waals surface area contributed by atoms with Crippen molar-refractivity contribution in [1.29, 1.82) is 5.26 Å². The molecular formula is C44H47F3N10O7S. The van der Waals surface area contributed by atoms with E-state index in [9.17, 15) is 28.1 Å². The van der Waals surface area contributed by atoms with E-state index in [1.807, 2.05) is 6.07 Å². The van der Waals surface area contributed by atoms with Crippen LogP contribution in [-0.2, 0) is 26.8 Å². The van der Waals surface area contributed by atoms with E-state index in [1.54, 1.807) is 24.7 Å². The molecule has 4 fully saturated rings. The van der Waals surface area contributed by atoms with E-state index in [0.29, 0.717) is 67.2 Å². The van der Waals surface area contributed by atoms with Crippen molar-refractivity contribution >= 4 is 55.5 Å². The maximum atomic E-state index is 16.2. The van der Waals surface area contributed by atoms with Crippen molar-refractivity contribution < 1.29 is 40.7 Å². The molecule has 342 valence electrons. The second kappa shape index (κ2) is 17.0. The molecule has 1 spiro atoms. The van der Waals surface area contributed by atoms with Crippen LogP contribution in [0.5, 0.6) is 11.5 Å². The van der Waals surface area contributed by atoms with Gasteiger partial charge in [0.15, 0.2) is 17.4 Å². The van der Waals surface area contributed by atoms with Crippen LogP contribution in [-0.4, -0.2) is 107 Å². The van der Waals surface area contributed by atoms with Gasteiger partial charge in [-0.2, -0.15) is 23.1 Å². The van der Waals surface area contributed by atoms with Crippen molar-refractivity contribution in [1.82, 2.24) is 33.9 Å². The third-order valence-corrected chi connectivity index (χ3v) is 15.0. The Hall–Kier alpha value is -6.08. The number of carbonyl (C=O) groups excluding carboxylic acids is 2. The first-order chi connectivity index (χ1) is 31.1. The van der Waals surface area contributed by atoms with Gasteiger partial charge in [-0.15, -0.1) is 0 Å². The number of alkyl halides is 1. The van der Waals surface area contributed by atoms with Crippen LogP contribution >= 0.6 is 0 Å². The van der Waals surface area contributed by atoms with Gasteiger partial charge in [0.2, 0.25) is 5.91 Å². The normalized spacial score (nSPS) is 22.8. The number of carbonyl (C=O) groups is 2. The van der Waals surface area contributed by atoms with E-state index in [1.165, 1.54) is 47.1 Å². The fourth-order valence-electron chi connectivity index (χ4n) is 9.75. The number of benzene rings is 3. The molecule has 21 heteroatoms. The lowest BCUT2D eigenvalue weighted by Gasteiger charge is -2.45. The van der Waals surface area contributed by atoms with Gasteiger partial charge in [-0.25, -0.2) is 22.9 Å². The van der Waals surface area contributed by atoms with Gasteiger partial charge in [0.25, 0.3) is 5.56 Å². The summed E-state index contributed by atoms with van der Waals surface area (Å²) in [6.45, 7) is 3.34. The Labute approximate surface area is 371 Å². The van der Waals surface area contributed by atoms with Crippen LogP contribution in [0.4, 0.5) is 29.5 Å². The number of hydrogen-bond acceptors (Lipinski definition) is 11. The fourth-order valence-corrected chi connectivity index (χ4v) is 10.7. The number of anilines is 2. The smallest absolute Gasteiger partial charge is 0.329 e. The summed E-state index contributed by atoms with van der Waals surface area (Å²) in [6, 6.07) is 10.1. The van der Waals surface area contributed by atoms with Gasteiger partial charge in [-0.1, -0.05) is 6.92 Å². The molecule has 2 N–H and O–H groups in total. The molecule has 2 aromatic heterocycles. The first-order valence-electron chi connectivity index (χ1n) is 21.5. The zero-order valence-corrected chi connectivity index (χ0v) is 36.7. The molecule has 1 saturated carbocycles. The topological polar surface area (TPSA) is 197 Å². The summed E-state index contributed by atoms with van der Waals surface area (Å²) < 4.78 is 91.1. The van der Waals surface area contributed by atoms with Crippen molar-refractivity contribution in [3.8, 4) is 17.6 Å². The molecule has 17 nitrogen and oxygen atoms in total. The van der Waals surface area contributed by atoms with Crippen LogP contribution in [0.2, 0.25) is 0 Å². The minimum absolute atomic E-state index is 0.0283. The quantitative estimate of drug-likeness (QED) is 0.173. The van der Waals surface area contributed by atoms with Crippen LogP contribution in [0.15, 0.2) is 53.6 Å². The Kier molecular flexibility index (Phi) is 11.6. The molecule has 1 aliphatic carbocycles. The van der Waals surface area contributed by atoms with Crippen LogP contribution in [0.1, 0.15) is 75.0 Å². The number of amides is 3. The predicted octanol–water partition coefficient (Wildman–Crippen LogP) is 5.75. The Bertz CT molecular complexity index is 2950. The van der Waals surface area contributed by atoms with Gasteiger partial charge in [-0.05, 0) is 92.5 Å². The van der Waals surface area contributed by atoms with E-state index in [2.05, 4.69) is 25.0 Å². The second-order valence-corrected chi connectivity index (χ2v) is 19.0. The van der Waals surface area contributed by atoms with E-state index in [0.717, 1.165) is 16.4 Å². The summed E-state index contributed by atoms with van der Waals surface area (Å²) in [4.78, 5) is 46.2. The lowest BCUT2D eigenvalue weighted by molar-refractivity contribution is -0.120. The summed E-state index contributed by atoms with van der Waals surface area (Å²) >= 11 is 0. The number of rotatable bonds is 10. The minimum Gasteiger partial charge on any atom is -0.453 e. The van der Waals surface area contributed by atoms with Gasteiger partial charge >= 0.3 is 16.2 Å². The predicted molar refractivity (Wildman–Crippen MR) is 233 cm³/mol. The number of nitriles is 1. The molecule has 5 heterocycles. The molecule has 0 radical (unpaired) electrons. The molecule has 0 bridgehead atoms. The van der Waals surface area contributed by atoms with Crippen molar-refractivity contribution in [3.05, 3.63) is 81.9 Å². The average Bonchev–Trinajstić information content (AvgIpc) is 3.84. The lowest BCUT2D eigenvalue weighted by Crippen LogP contribution is -2.52. The third-order valence-electron chi connectivity index (χ3n) is 13.5. The van der Waals surface area contributed by atoms with Crippen LogP contribution in [0.3, 0.4) is 0 Å². The standard InChI is InChI=1S/C44H47F3N10O7S/c1-4-53(2)65(61,62)52-36-9-7-32(45)40(31(36)22-48)64-27-6-8-35-29(18-27)42(59)57(24-49-35)26-21-44(63-23-26)12-15-55(16-13-44)37-10-5-25(17-34(37)47)28-20-38-30(19-33(28)46)41(51-54(38)3)56-14-11-39(58)50-43(56)60/h6-9,18-20,24-26,34,37,52H,4-5,10-17,21,23H2,1-3H3,(H,50,58,60). The van der Waals surface area contributed by atoms with E-state index in [-0.39, 0.29) is 90.2 Å². The first kappa shape index (κ1) is 44.1. The number of halogens is 3. The number of nitrogens with one attached hydrogen (secondary N) is 2. The highest BCUT2D eigenvalue weighted by Crippen LogP contribution is 2.44. The van der Waals surface area contributed by atoms with Crippen molar-refractivity contribution in [2.45, 2.75) is 81.6 Å². The highest BCUT2D eigenvalue weighted by Gasteiger charge is 2.46. The molecule has 3 saturated heterocycles. The largest absolute Gasteiger partial charge is 0.453 e. The minimum atomic E-state index is -4.04. The number of hydrogen-bond donors (Lipinski definition) is 2. The van der Waals surface area contributed by atoms with Gasteiger partial charge in [0.05, 0.1) is 46.7 Å². The molecule has 3 amide bonds. The third kappa shape index (κ3) is 8.17. The molecule has 9 rings (SSSR count). The molecule has 3 aliphatic heterocycles. The maximum Gasteiger partial charge on any atom is 0.329 e. The molecule has 4 aliphatic rings. The summed E-state index contributed by atoms with van der Waals surface area (Å²) in [5.74, 6) is -2.37. The van der Waals surface area contributed by atoms with Crippen molar-refractivity contribution in [3.63, 3.8) is 0 Å². The van der Waals surface area contributed by atoms with E-state index in [4.69, 9.17) is 9.47 Å². The number of urea groups is 1. The average molecular weight is 917 g/mol. The molecule has 5 aromatic rings. The zero-order chi connectivity index (χ0) is 45.9. The lowest BCUT2D eigenvalue weighted by atomic mass is 9.78. The van der Waals surface area contributed by atoms with Crippen LogP contribution in [0, 0.1) is 23.0 Å². The van der Waals surface area contributed by atoms with E-state index < -0.39 is 45.4 Å². The number of aryl methyl sites for hydroxylation is 1. The van der Waals surface area contributed by atoms with Gasteiger partial charge in [0.1, 0.15) is 29.4 Å². The number of likely N-dealkylation sites (tertiary alicyclic amines) is 1. The van der Waals surface area contributed by atoms with E-state index >= 15 is 13.2 Å². The molecule has 3 aromatic carbocycles. The monoisotopic (exact) mass is 916 g/mol. The SMILES string of the molecule is CCN(C)S(=O)(=O)Nc1ccc(F)c(Oc2ccc3ncn(C4COC5(CCN(C6CCC(c7cc8c(cc7F)c(N7CCC(=O)NC7=O)nn8C)CC6F)CC5)C4)c(=O)c3c2)c1C#N. The van der Waals surface area contributed by atoms with Crippen molar-refractivity contribution in [2.75, 3.05) is 49.5 Å². The molecule has 65 heavy (non-hydrogen) atoms. The van der Waals surface area contributed by atoms with Crippen LogP contribution < -0.4 is 25.2 Å². The highest BCUT2D eigenvalue weighted by molar-refractivity contribution is 7.90. The van der Waals surface area contributed by atoms with Crippen molar-refractivity contribution in [2.24, 2.45) is 7.05 Å². The van der Waals surface area contributed by atoms with Gasteiger partial charge < -0.3 is 9.47 Å². The number of fused-ring (bicyclic) bond motifs is 2. The Balaban J connectivity index is 0.846. The number of ether oxygens (including phenoxy) is 2. The summed E-state index contributed by atoms with van der Waals surface area (Å²) in [7, 11) is -0.993. The molecular weight excluding hydrogens is 870 g/mol. The zero-order valence-electron chi connectivity index (χ0n) is 35.9. The Morgan fingerprint density at radius 2 is 1.85 bits per heavy atom. The summed E-state index contributed by atoms with van der Waals surface area (Å²) in [5.41, 5.74) is -0.0941. The Morgan fingerprint density at radius 3 is 2.57 bits per heavy atom. The Morgan fingerprint density at radius 1 is 1.06 bits per heavy atom. The second-order valence-electron chi connectivity index (χ2n) is 17.2. The van der Waals surface area contributed by atoms with Gasteiger partial charge in [0, 0.05) is 58.1 Å². The van der Waals surface area contributed by atoms with Gasteiger partial charge in [-0.3, -0.25) is 38.7 Å². The molecule has 4 atom stereocenters. The highest BCUT2D eigenvalue weighted by atomic mass is 32.2. The number of imide groups is 1. The number of nitrogens with zero attached hydrogens (tertiary/aromatic N) is 8. The van der Waals surface area contributed by atoms with Crippen LogP contribution in [0.25, 0.3) is 21.8 Å². The first-order valence-corrected chi connectivity index (χ1v) is 23.0. The number of piperidine rings is 1. The summed E-state index contributed by atoms with van der Waals surface area (Å²) in [5, 5.41) is 17.3. The molecule has 4 unspecified atom stereocenters. The maximum absolute atomic E-state index is 16.2. The fraction of sp³-hybridized carbons (Fsp3) is 0.455. The number of aromatic nitrogens is 4. The summed E-state index contributed by atoms with van der Waals surface area (Å²) in [6.07, 6.45) is 3.42.